The second-order valence-electron chi connectivity index (χ2n) is 6.65. The van der Waals surface area contributed by atoms with E-state index < -0.39 is 11.6 Å². The van der Waals surface area contributed by atoms with Crippen LogP contribution in [-0.4, -0.2) is 24.2 Å². The van der Waals surface area contributed by atoms with Gasteiger partial charge in [0.25, 0.3) is 0 Å². The molecule has 6 heteroatoms. The Kier molecular flexibility index (Phi) is 6.28. The van der Waals surface area contributed by atoms with Crippen LogP contribution in [0.4, 0.5) is 0 Å². The minimum Gasteiger partial charge on any atom is -0.498 e. The number of aromatic amines is 1. The lowest BCUT2D eigenvalue weighted by atomic mass is 9.98. The first-order valence-corrected chi connectivity index (χ1v) is 9.95. The van der Waals surface area contributed by atoms with Crippen molar-refractivity contribution in [2.75, 3.05) is 13.2 Å². The van der Waals surface area contributed by atoms with Crippen molar-refractivity contribution in [2.24, 2.45) is 0 Å². The van der Waals surface area contributed by atoms with E-state index in [0.717, 1.165) is 16.5 Å². The Morgan fingerprint density at radius 1 is 1.21 bits per heavy atom. The molecule has 146 valence electrons. The molecule has 0 bridgehead atoms. The Hall–Kier alpha value is -2.48. The molecular formula is C22H22INO4. The molecule has 3 aromatic rings. The van der Waals surface area contributed by atoms with Gasteiger partial charge in [-0.1, -0.05) is 36.9 Å². The first kappa shape index (κ1) is 20.3. The van der Waals surface area contributed by atoms with Crippen LogP contribution < -0.4 is 4.74 Å². The Bertz CT molecular complexity index is 979. The Morgan fingerprint density at radius 3 is 2.68 bits per heavy atom. The quantitative estimate of drug-likeness (QED) is 0.198. The van der Waals surface area contributed by atoms with Crippen LogP contribution in [0, 0.1) is 3.57 Å². The number of nitrogens with one attached hydrogen (secondary N) is 1. The lowest BCUT2D eigenvalue weighted by Gasteiger charge is -2.26. The number of aromatic nitrogens is 1. The van der Waals surface area contributed by atoms with E-state index in [0.29, 0.717) is 28.1 Å². The zero-order valence-corrected chi connectivity index (χ0v) is 18.0. The molecule has 0 unspecified atom stereocenters. The van der Waals surface area contributed by atoms with E-state index in [9.17, 15) is 4.79 Å². The number of rotatable bonds is 8. The van der Waals surface area contributed by atoms with Crippen molar-refractivity contribution in [2.45, 2.75) is 19.4 Å². The molecule has 28 heavy (non-hydrogen) atoms. The Morgan fingerprint density at radius 2 is 1.96 bits per heavy atom. The van der Waals surface area contributed by atoms with Crippen molar-refractivity contribution in [1.29, 1.82) is 0 Å². The molecule has 1 N–H and O–H groups in total. The fourth-order valence-corrected chi connectivity index (χ4v) is 3.75. The topological polar surface area (TPSA) is 60.5 Å². The van der Waals surface area contributed by atoms with Crippen LogP contribution in [0.3, 0.4) is 0 Å². The average Bonchev–Trinajstić information content (AvgIpc) is 3.13. The molecule has 1 heterocycles. The van der Waals surface area contributed by atoms with Crippen LogP contribution in [0.2, 0.25) is 0 Å². The van der Waals surface area contributed by atoms with Gasteiger partial charge >= 0.3 is 5.97 Å². The van der Waals surface area contributed by atoms with Crippen LogP contribution in [0.25, 0.3) is 10.9 Å². The van der Waals surface area contributed by atoms with Crippen LogP contribution >= 0.6 is 22.6 Å². The molecule has 0 aliphatic rings. The fourth-order valence-electron chi connectivity index (χ4n) is 2.92. The lowest BCUT2D eigenvalue weighted by molar-refractivity contribution is -0.00306. The van der Waals surface area contributed by atoms with Crippen molar-refractivity contribution in [1.82, 2.24) is 4.98 Å². The number of esters is 1. The summed E-state index contributed by atoms with van der Waals surface area (Å²) in [6, 6.07) is 13.4. The standard InChI is InChI=1S/C22H22INO4/c1-4-26-12-13-27-18-14-17-16(10-11-24-17)19(20(18)23)21(25)28-22(2,3)15-8-6-5-7-9-15/h4-11,14,24H,1,12-13H2,2-3H3. The van der Waals surface area contributed by atoms with E-state index in [2.05, 4.69) is 34.2 Å². The fraction of sp³-hybridized carbons (Fsp3) is 0.227. The van der Waals surface area contributed by atoms with Gasteiger partial charge in [0.05, 0.1) is 20.9 Å². The maximum atomic E-state index is 13.2. The van der Waals surface area contributed by atoms with Gasteiger partial charge in [0.2, 0.25) is 0 Å². The Balaban J connectivity index is 1.92. The largest absolute Gasteiger partial charge is 0.498 e. The van der Waals surface area contributed by atoms with Gasteiger partial charge in [-0.05, 0) is 48.1 Å². The van der Waals surface area contributed by atoms with E-state index in [1.165, 1.54) is 6.26 Å². The monoisotopic (exact) mass is 491 g/mol. The van der Waals surface area contributed by atoms with Crippen LogP contribution in [0.5, 0.6) is 5.75 Å². The molecule has 2 aromatic carbocycles. The third-order valence-corrected chi connectivity index (χ3v) is 5.43. The first-order valence-electron chi connectivity index (χ1n) is 8.88. The number of benzene rings is 2. The summed E-state index contributed by atoms with van der Waals surface area (Å²) in [5.41, 5.74) is 1.46. The summed E-state index contributed by atoms with van der Waals surface area (Å²) in [7, 11) is 0. The minimum absolute atomic E-state index is 0.345. The lowest BCUT2D eigenvalue weighted by Crippen LogP contribution is -2.26. The average molecular weight is 491 g/mol. The highest BCUT2D eigenvalue weighted by atomic mass is 127. The first-order chi connectivity index (χ1) is 13.4. The van der Waals surface area contributed by atoms with Crippen molar-refractivity contribution in [3.8, 4) is 5.75 Å². The second-order valence-corrected chi connectivity index (χ2v) is 7.73. The number of halogens is 1. The van der Waals surface area contributed by atoms with Crippen molar-refractivity contribution >= 4 is 39.5 Å². The van der Waals surface area contributed by atoms with Gasteiger partial charge in [0.15, 0.2) is 0 Å². The van der Waals surface area contributed by atoms with Crippen molar-refractivity contribution in [3.63, 3.8) is 0 Å². The van der Waals surface area contributed by atoms with Gasteiger partial charge in [-0.25, -0.2) is 4.79 Å². The molecule has 0 fully saturated rings. The molecular weight excluding hydrogens is 469 g/mol. The van der Waals surface area contributed by atoms with Gasteiger partial charge in [-0.3, -0.25) is 0 Å². The maximum Gasteiger partial charge on any atom is 0.340 e. The Labute approximate surface area is 177 Å². The highest BCUT2D eigenvalue weighted by Gasteiger charge is 2.29. The molecule has 0 saturated heterocycles. The molecule has 3 rings (SSSR count). The second kappa shape index (κ2) is 8.68. The predicted molar refractivity (Wildman–Crippen MR) is 118 cm³/mol. The highest BCUT2D eigenvalue weighted by molar-refractivity contribution is 14.1. The zero-order chi connectivity index (χ0) is 20.1. The van der Waals surface area contributed by atoms with Crippen LogP contribution in [-0.2, 0) is 15.1 Å². The zero-order valence-electron chi connectivity index (χ0n) is 15.8. The number of carbonyl (C=O) groups excluding carboxylic acids is 1. The summed E-state index contributed by atoms with van der Waals surface area (Å²) >= 11 is 2.13. The van der Waals surface area contributed by atoms with E-state index in [4.69, 9.17) is 14.2 Å². The third-order valence-electron chi connectivity index (χ3n) is 4.36. The SMILES string of the molecule is C=COCCOc1cc2[nH]ccc2c(C(=O)OC(C)(C)c2ccccc2)c1I. The van der Waals surface area contributed by atoms with E-state index in [1.54, 1.807) is 6.20 Å². The minimum atomic E-state index is -0.765. The van der Waals surface area contributed by atoms with Crippen LogP contribution in [0.1, 0.15) is 29.8 Å². The summed E-state index contributed by atoms with van der Waals surface area (Å²) < 4.78 is 17.5. The van der Waals surface area contributed by atoms with Gasteiger partial charge in [0.1, 0.15) is 24.6 Å². The molecule has 0 aliphatic heterocycles. The number of hydrogen-bond donors (Lipinski definition) is 1. The van der Waals surface area contributed by atoms with E-state index in [-0.39, 0.29) is 0 Å². The van der Waals surface area contributed by atoms with Crippen LogP contribution in [0.15, 0.2) is 61.5 Å². The predicted octanol–water partition coefficient (Wildman–Crippen LogP) is 5.40. The highest BCUT2D eigenvalue weighted by Crippen LogP contribution is 2.34. The maximum absolute atomic E-state index is 13.2. The molecule has 0 atom stereocenters. The van der Waals surface area contributed by atoms with Gasteiger partial charge < -0.3 is 19.2 Å². The number of carbonyl (C=O) groups is 1. The van der Waals surface area contributed by atoms with E-state index in [1.807, 2.05) is 56.3 Å². The summed E-state index contributed by atoms with van der Waals surface area (Å²) in [4.78, 5) is 16.3. The molecule has 5 nitrogen and oxygen atoms in total. The molecule has 0 amide bonds. The summed E-state index contributed by atoms with van der Waals surface area (Å²) in [5.74, 6) is 0.211. The normalized spacial score (nSPS) is 11.2. The van der Waals surface area contributed by atoms with Gasteiger partial charge in [0, 0.05) is 17.6 Å². The van der Waals surface area contributed by atoms with Gasteiger partial charge in [-0.15, -0.1) is 0 Å². The third kappa shape index (κ3) is 4.32. The van der Waals surface area contributed by atoms with Gasteiger partial charge in [-0.2, -0.15) is 0 Å². The summed E-state index contributed by atoms with van der Waals surface area (Å²) in [5, 5.41) is 0.799. The number of hydrogen-bond acceptors (Lipinski definition) is 4. The molecule has 0 aliphatic carbocycles. The number of ether oxygens (including phenoxy) is 3. The smallest absolute Gasteiger partial charge is 0.340 e. The molecule has 0 radical (unpaired) electrons. The van der Waals surface area contributed by atoms with E-state index >= 15 is 0 Å². The van der Waals surface area contributed by atoms with Crippen molar-refractivity contribution in [3.05, 3.63) is 76.2 Å². The number of H-pyrrole nitrogens is 1. The van der Waals surface area contributed by atoms with Crippen molar-refractivity contribution < 1.29 is 19.0 Å². The molecule has 0 saturated carbocycles. The summed E-state index contributed by atoms with van der Waals surface area (Å²) in [6.07, 6.45) is 3.17. The molecule has 0 spiro atoms. The number of fused-ring (bicyclic) bond motifs is 1. The summed E-state index contributed by atoms with van der Waals surface area (Å²) in [6.45, 7) is 8.00. The molecule has 1 aromatic heterocycles.